The van der Waals surface area contributed by atoms with Crippen molar-refractivity contribution in [1.82, 2.24) is 9.88 Å². The summed E-state index contributed by atoms with van der Waals surface area (Å²) in [5.74, 6) is 2.29. The fraction of sp³-hybridized carbons (Fsp3) is 0.667. The van der Waals surface area contributed by atoms with Crippen LogP contribution in [0.4, 0.5) is 0 Å². The summed E-state index contributed by atoms with van der Waals surface area (Å²) in [6.07, 6.45) is 10.5. The Morgan fingerprint density at radius 1 is 1.17 bits per heavy atom. The molecule has 2 aromatic rings. The second-order valence-corrected chi connectivity index (χ2v) is 9.81. The number of carbonyl (C=O) groups excluding carboxylic acids is 1. The number of nitrogens with zero attached hydrogens (tertiary/aromatic N) is 2. The van der Waals surface area contributed by atoms with Gasteiger partial charge in [0.1, 0.15) is 11.9 Å². The molecular weight excluding hydrogens is 396 g/mol. The summed E-state index contributed by atoms with van der Waals surface area (Å²) in [5, 5.41) is 0.716. The molecule has 4 rings (SSSR count). The molecule has 2 fully saturated rings. The first-order valence-corrected chi connectivity index (χ1v) is 12.4. The van der Waals surface area contributed by atoms with Crippen LogP contribution in [0.1, 0.15) is 64.7 Å². The molecule has 0 unspecified atom stereocenters. The zero-order chi connectivity index (χ0) is 20.9. The van der Waals surface area contributed by atoms with Gasteiger partial charge in [0, 0.05) is 37.9 Å². The highest BCUT2D eigenvalue weighted by atomic mass is 32.1. The molecule has 1 aliphatic carbocycles. The molecule has 1 saturated heterocycles. The number of fused-ring (bicyclic) bond motifs is 1. The van der Waals surface area contributed by atoms with E-state index in [-0.39, 0.29) is 12.0 Å². The minimum atomic E-state index is 0.140. The van der Waals surface area contributed by atoms with Gasteiger partial charge in [-0.05, 0) is 43.7 Å². The number of benzene rings is 1. The van der Waals surface area contributed by atoms with Crippen LogP contribution >= 0.6 is 11.3 Å². The maximum Gasteiger partial charge on any atom is 0.274 e. The first kappa shape index (κ1) is 21.4. The molecule has 6 heteroatoms. The molecule has 1 aliphatic heterocycles. The van der Waals surface area contributed by atoms with E-state index in [4.69, 9.17) is 9.47 Å². The number of carbonyl (C=O) groups is 1. The number of hydrogen-bond acceptors (Lipinski definition) is 5. The number of hydrogen-bond donors (Lipinski definition) is 0. The number of amides is 1. The fourth-order valence-corrected chi connectivity index (χ4v) is 5.71. The van der Waals surface area contributed by atoms with E-state index in [1.54, 1.807) is 18.4 Å². The average molecular weight is 431 g/mol. The summed E-state index contributed by atoms with van der Waals surface area (Å²) >= 11 is 1.58. The Morgan fingerprint density at radius 2 is 1.93 bits per heavy atom. The van der Waals surface area contributed by atoms with Crippen molar-refractivity contribution in [2.75, 3.05) is 20.2 Å². The molecule has 2 heterocycles. The highest BCUT2D eigenvalue weighted by Crippen LogP contribution is 2.34. The van der Waals surface area contributed by atoms with Crippen LogP contribution in [-0.4, -0.2) is 42.1 Å². The van der Waals surface area contributed by atoms with Gasteiger partial charge in [0.05, 0.1) is 17.3 Å². The summed E-state index contributed by atoms with van der Waals surface area (Å²) in [7, 11) is 1.66. The van der Waals surface area contributed by atoms with Crippen molar-refractivity contribution < 1.29 is 14.3 Å². The monoisotopic (exact) mass is 430 g/mol. The van der Waals surface area contributed by atoms with Crippen LogP contribution < -0.4 is 9.47 Å². The highest BCUT2D eigenvalue weighted by Gasteiger charge is 2.32. The van der Waals surface area contributed by atoms with Crippen molar-refractivity contribution in [3.05, 3.63) is 18.2 Å². The van der Waals surface area contributed by atoms with Crippen LogP contribution in [0.25, 0.3) is 10.2 Å². The van der Waals surface area contributed by atoms with Crippen LogP contribution in [0.3, 0.4) is 0 Å². The molecule has 0 radical (unpaired) electrons. The van der Waals surface area contributed by atoms with Crippen LogP contribution in [0.5, 0.6) is 10.9 Å². The van der Waals surface area contributed by atoms with Crippen molar-refractivity contribution in [3.63, 3.8) is 0 Å². The van der Waals surface area contributed by atoms with Gasteiger partial charge >= 0.3 is 0 Å². The second kappa shape index (κ2) is 9.99. The zero-order valence-corrected chi connectivity index (χ0v) is 19.1. The average Bonchev–Trinajstić information content (AvgIpc) is 3.19. The first-order chi connectivity index (χ1) is 14.7. The van der Waals surface area contributed by atoms with E-state index in [0.29, 0.717) is 11.1 Å². The Hall–Kier alpha value is -1.82. The van der Waals surface area contributed by atoms with E-state index >= 15 is 0 Å². The van der Waals surface area contributed by atoms with E-state index in [0.717, 1.165) is 60.7 Å². The third-order valence-electron chi connectivity index (χ3n) is 6.76. The van der Waals surface area contributed by atoms with Crippen LogP contribution in [-0.2, 0) is 4.79 Å². The van der Waals surface area contributed by atoms with Gasteiger partial charge in [-0.3, -0.25) is 4.79 Å². The molecule has 0 N–H and O–H groups in total. The predicted octanol–water partition coefficient (Wildman–Crippen LogP) is 5.67. The Kier molecular flexibility index (Phi) is 7.13. The molecule has 30 heavy (non-hydrogen) atoms. The zero-order valence-electron chi connectivity index (χ0n) is 18.3. The van der Waals surface area contributed by atoms with E-state index in [2.05, 4.69) is 16.8 Å². The number of ether oxygens (including phenoxy) is 2. The molecule has 2 aliphatic rings. The topological polar surface area (TPSA) is 51.7 Å². The largest absolute Gasteiger partial charge is 0.497 e. The summed E-state index contributed by atoms with van der Waals surface area (Å²) in [6.45, 7) is 3.87. The van der Waals surface area contributed by atoms with E-state index in [1.165, 1.54) is 32.1 Å². The van der Waals surface area contributed by atoms with Gasteiger partial charge in [0.2, 0.25) is 5.91 Å². The minimum Gasteiger partial charge on any atom is -0.497 e. The van der Waals surface area contributed by atoms with Crippen molar-refractivity contribution in [2.45, 2.75) is 70.8 Å². The molecule has 1 aromatic heterocycles. The van der Waals surface area contributed by atoms with Crippen LogP contribution in [0.2, 0.25) is 0 Å². The molecule has 5 nitrogen and oxygen atoms in total. The molecule has 1 aromatic carbocycles. The van der Waals surface area contributed by atoms with Crippen molar-refractivity contribution in [1.29, 1.82) is 0 Å². The number of aromatic nitrogens is 1. The van der Waals surface area contributed by atoms with Gasteiger partial charge in [0.25, 0.3) is 5.19 Å². The summed E-state index contributed by atoms with van der Waals surface area (Å²) in [4.78, 5) is 19.7. The summed E-state index contributed by atoms with van der Waals surface area (Å²) in [5.41, 5.74) is 0.913. The molecule has 0 atom stereocenters. The van der Waals surface area contributed by atoms with E-state index < -0.39 is 0 Å². The van der Waals surface area contributed by atoms with E-state index in [1.807, 2.05) is 18.2 Å². The maximum absolute atomic E-state index is 13.0. The Morgan fingerprint density at radius 3 is 2.63 bits per heavy atom. The first-order valence-electron chi connectivity index (χ1n) is 11.6. The standard InChI is InChI=1S/C24H34N2O3S/c1-3-4-5-17-6-8-18(9-7-17)23(27)26-14-12-19(13-15-26)29-24-25-21-16-20(28-2)10-11-22(21)30-24/h10-11,16-19H,3-9,12-15H2,1-2H3. The van der Waals surface area contributed by atoms with Crippen LogP contribution in [0, 0.1) is 11.8 Å². The van der Waals surface area contributed by atoms with Crippen molar-refractivity contribution in [2.24, 2.45) is 11.8 Å². The van der Waals surface area contributed by atoms with Crippen molar-refractivity contribution >= 4 is 27.5 Å². The Balaban J connectivity index is 1.24. The third kappa shape index (κ3) is 5.08. The number of rotatable bonds is 7. The second-order valence-electron chi connectivity index (χ2n) is 8.82. The molecule has 164 valence electrons. The summed E-state index contributed by atoms with van der Waals surface area (Å²) < 4.78 is 12.5. The number of thiazole rings is 1. The highest BCUT2D eigenvalue weighted by molar-refractivity contribution is 7.20. The van der Waals surface area contributed by atoms with Gasteiger partial charge in [0.15, 0.2) is 0 Å². The lowest BCUT2D eigenvalue weighted by Gasteiger charge is -2.36. The fourth-order valence-electron chi connectivity index (χ4n) is 4.85. The predicted molar refractivity (Wildman–Crippen MR) is 121 cm³/mol. The molecule has 0 spiro atoms. The van der Waals surface area contributed by atoms with Gasteiger partial charge in [-0.1, -0.05) is 37.5 Å². The smallest absolute Gasteiger partial charge is 0.274 e. The Bertz CT molecular complexity index is 836. The molecule has 0 bridgehead atoms. The minimum absolute atomic E-state index is 0.140. The number of likely N-dealkylation sites (tertiary alicyclic amines) is 1. The molecule has 1 amide bonds. The maximum atomic E-state index is 13.0. The normalized spacial score (nSPS) is 22.9. The number of piperidine rings is 1. The quantitative estimate of drug-likeness (QED) is 0.568. The number of methoxy groups -OCH3 is 1. The van der Waals surface area contributed by atoms with Gasteiger partial charge in [-0.25, -0.2) is 4.98 Å². The molecular formula is C24H34N2O3S. The third-order valence-corrected chi connectivity index (χ3v) is 7.69. The lowest BCUT2D eigenvalue weighted by Crippen LogP contribution is -2.45. The SMILES string of the molecule is CCCCC1CCC(C(=O)N2CCC(Oc3nc4cc(OC)ccc4s3)CC2)CC1. The van der Waals surface area contributed by atoms with Gasteiger partial charge < -0.3 is 14.4 Å². The summed E-state index contributed by atoms with van der Waals surface area (Å²) in [6, 6.07) is 5.92. The lowest BCUT2D eigenvalue weighted by atomic mass is 9.79. The van der Waals surface area contributed by atoms with Crippen LogP contribution in [0.15, 0.2) is 18.2 Å². The van der Waals surface area contributed by atoms with Gasteiger partial charge in [-0.2, -0.15) is 0 Å². The van der Waals surface area contributed by atoms with Gasteiger partial charge in [-0.15, -0.1) is 0 Å². The lowest BCUT2D eigenvalue weighted by molar-refractivity contribution is -0.138. The Labute approximate surface area is 183 Å². The molecule has 1 saturated carbocycles. The van der Waals surface area contributed by atoms with Crippen molar-refractivity contribution in [3.8, 4) is 10.9 Å². The van der Waals surface area contributed by atoms with E-state index in [9.17, 15) is 4.79 Å². The number of unbranched alkanes of at least 4 members (excludes halogenated alkanes) is 1.